The van der Waals surface area contributed by atoms with Crippen LogP contribution >= 0.6 is 11.3 Å². The first kappa shape index (κ1) is 24.7. The first-order valence-electron chi connectivity index (χ1n) is 11.2. The summed E-state index contributed by atoms with van der Waals surface area (Å²) in [4.78, 5) is 38.1. The van der Waals surface area contributed by atoms with Gasteiger partial charge >= 0.3 is 0 Å². The minimum Gasteiger partial charge on any atom is -0.494 e. The van der Waals surface area contributed by atoms with Crippen LogP contribution in [0.2, 0.25) is 0 Å². The normalized spacial score (nSPS) is 10.5. The molecule has 36 heavy (non-hydrogen) atoms. The molecule has 1 aromatic heterocycles. The van der Waals surface area contributed by atoms with E-state index in [9.17, 15) is 14.4 Å². The average molecular weight is 504 g/mol. The third-order valence-electron chi connectivity index (χ3n) is 5.43. The molecule has 3 N–H and O–H groups in total. The van der Waals surface area contributed by atoms with Gasteiger partial charge in [-0.3, -0.25) is 14.4 Å². The second-order valence-corrected chi connectivity index (χ2v) is 8.75. The largest absolute Gasteiger partial charge is 0.494 e. The van der Waals surface area contributed by atoms with Crippen LogP contribution in [0.25, 0.3) is 10.8 Å². The Bertz CT molecular complexity index is 1400. The van der Waals surface area contributed by atoms with Crippen molar-refractivity contribution in [3.05, 3.63) is 77.0 Å². The lowest BCUT2D eigenvalue weighted by molar-refractivity contribution is -0.121. The summed E-state index contributed by atoms with van der Waals surface area (Å²) in [5, 5.41) is 12.2. The van der Waals surface area contributed by atoms with Crippen molar-refractivity contribution in [3.8, 4) is 11.5 Å². The number of methoxy groups -OCH3 is 2. The molecule has 3 aromatic carbocycles. The van der Waals surface area contributed by atoms with Gasteiger partial charge in [-0.1, -0.05) is 42.5 Å². The van der Waals surface area contributed by atoms with Crippen LogP contribution in [-0.2, 0) is 9.59 Å². The fourth-order valence-corrected chi connectivity index (χ4v) is 4.29. The van der Waals surface area contributed by atoms with Gasteiger partial charge in [0.25, 0.3) is 5.91 Å². The molecule has 0 aliphatic carbocycles. The zero-order chi connectivity index (χ0) is 25.5. The van der Waals surface area contributed by atoms with Gasteiger partial charge < -0.3 is 25.4 Å². The molecule has 9 heteroatoms. The standard InChI is InChI=1S/C27H25N3O5S/c1-34-22-16-21(30-27(33)24-11-6-14-36-24)23(35-2)15-20(22)29-26(32)13-12-25(31)28-19-10-5-8-17-7-3-4-9-18(17)19/h3-11,14-16H,12-13H2,1-2H3,(H,28,31)(H,29,32)(H,30,33). The Labute approximate surface area is 212 Å². The Morgan fingerprint density at radius 3 is 1.97 bits per heavy atom. The molecule has 0 spiro atoms. The molecule has 8 nitrogen and oxygen atoms in total. The molecule has 0 aliphatic heterocycles. The van der Waals surface area contributed by atoms with E-state index in [1.165, 1.54) is 25.6 Å². The van der Waals surface area contributed by atoms with Crippen LogP contribution in [0.15, 0.2) is 72.1 Å². The van der Waals surface area contributed by atoms with Gasteiger partial charge in [-0.15, -0.1) is 11.3 Å². The van der Waals surface area contributed by atoms with Crippen molar-refractivity contribution in [2.45, 2.75) is 12.8 Å². The lowest BCUT2D eigenvalue weighted by Gasteiger charge is -2.16. The number of benzene rings is 3. The Morgan fingerprint density at radius 1 is 0.722 bits per heavy atom. The summed E-state index contributed by atoms with van der Waals surface area (Å²) in [6, 6.07) is 20.1. The Kier molecular flexibility index (Phi) is 7.82. The third-order valence-corrected chi connectivity index (χ3v) is 6.30. The van der Waals surface area contributed by atoms with Gasteiger partial charge in [-0.25, -0.2) is 0 Å². The van der Waals surface area contributed by atoms with Crippen molar-refractivity contribution in [3.63, 3.8) is 0 Å². The molecule has 0 aliphatic rings. The summed E-state index contributed by atoms with van der Waals surface area (Å²) >= 11 is 1.32. The van der Waals surface area contributed by atoms with E-state index in [4.69, 9.17) is 9.47 Å². The first-order valence-corrected chi connectivity index (χ1v) is 12.0. The van der Waals surface area contributed by atoms with Crippen LogP contribution in [0.4, 0.5) is 17.1 Å². The highest BCUT2D eigenvalue weighted by Crippen LogP contribution is 2.37. The molecule has 1 heterocycles. The number of rotatable bonds is 9. The highest BCUT2D eigenvalue weighted by atomic mass is 32.1. The number of ether oxygens (including phenoxy) is 2. The second kappa shape index (κ2) is 11.4. The van der Waals surface area contributed by atoms with E-state index in [0.29, 0.717) is 33.4 Å². The third kappa shape index (κ3) is 5.81. The van der Waals surface area contributed by atoms with E-state index in [0.717, 1.165) is 10.8 Å². The number of amides is 3. The van der Waals surface area contributed by atoms with Crippen molar-refractivity contribution in [2.24, 2.45) is 0 Å². The van der Waals surface area contributed by atoms with Crippen LogP contribution < -0.4 is 25.4 Å². The Morgan fingerprint density at radius 2 is 1.33 bits per heavy atom. The number of carbonyl (C=O) groups excluding carboxylic acids is 3. The number of carbonyl (C=O) groups is 3. The van der Waals surface area contributed by atoms with Crippen molar-refractivity contribution in [1.29, 1.82) is 0 Å². The minimum absolute atomic E-state index is 0.00343. The van der Waals surface area contributed by atoms with E-state index < -0.39 is 0 Å². The molecule has 184 valence electrons. The lowest BCUT2D eigenvalue weighted by Crippen LogP contribution is -2.18. The van der Waals surface area contributed by atoms with Gasteiger partial charge in [-0.05, 0) is 22.9 Å². The van der Waals surface area contributed by atoms with Crippen LogP contribution in [0, 0.1) is 0 Å². The number of fused-ring (bicyclic) bond motifs is 1. The summed E-state index contributed by atoms with van der Waals surface area (Å²) < 4.78 is 10.8. The predicted octanol–water partition coefficient (Wildman–Crippen LogP) is 5.53. The molecule has 4 rings (SSSR count). The number of nitrogens with one attached hydrogen (secondary N) is 3. The smallest absolute Gasteiger partial charge is 0.265 e. The zero-order valence-corrected chi connectivity index (χ0v) is 20.6. The molecule has 4 aromatic rings. The maximum atomic E-state index is 12.6. The van der Waals surface area contributed by atoms with E-state index in [1.54, 1.807) is 24.3 Å². The van der Waals surface area contributed by atoms with Crippen molar-refractivity contribution in [1.82, 2.24) is 0 Å². The molecule has 0 fully saturated rings. The van der Waals surface area contributed by atoms with Crippen molar-refractivity contribution >= 4 is 56.9 Å². The van der Waals surface area contributed by atoms with Gasteiger partial charge in [0.2, 0.25) is 11.8 Å². The molecule has 0 radical (unpaired) electrons. The van der Waals surface area contributed by atoms with Crippen molar-refractivity contribution < 1.29 is 23.9 Å². The summed E-state index contributed by atoms with van der Waals surface area (Å²) in [6.07, 6.45) is -0.0254. The van der Waals surface area contributed by atoms with Crippen LogP contribution in [0.3, 0.4) is 0 Å². The summed E-state index contributed by atoms with van der Waals surface area (Å²) in [5.41, 5.74) is 1.47. The zero-order valence-electron chi connectivity index (χ0n) is 19.8. The molecular formula is C27H25N3O5S. The highest BCUT2D eigenvalue weighted by Gasteiger charge is 2.17. The van der Waals surface area contributed by atoms with Gasteiger partial charge in [0.15, 0.2) is 0 Å². The van der Waals surface area contributed by atoms with Crippen LogP contribution in [0.1, 0.15) is 22.5 Å². The summed E-state index contributed by atoms with van der Waals surface area (Å²) in [6.45, 7) is 0. The molecule has 0 saturated heterocycles. The Hall–Kier alpha value is -4.37. The van der Waals surface area contributed by atoms with E-state index >= 15 is 0 Å². The molecule has 3 amide bonds. The van der Waals surface area contributed by atoms with Crippen LogP contribution in [-0.4, -0.2) is 31.9 Å². The summed E-state index contributed by atoms with van der Waals surface area (Å²) in [7, 11) is 2.92. The lowest BCUT2D eigenvalue weighted by atomic mass is 10.1. The van der Waals surface area contributed by atoms with Gasteiger partial charge in [0, 0.05) is 36.0 Å². The quantitative estimate of drug-likeness (QED) is 0.279. The minimum atomic E-state index is -0.362. The topological polar surface area (TPSA) is 106 Å². The van der Waals surface area contributed by atoms with Gasteiger partial charge in [-0.2, -0.15) is 0 Å². The van der Waals surface area contributed by atoms with Gasteiger partial charge in [0.05, 0.1) is 30.5 Å². The maximum Gasteiger partial charge on any atom is 0.265 e. The van der Waals surface area contributed by atoms with E-state index in [1.807, 2.05) is 47.8 Å². The van der Waals surface area contributed by atoms with Crippen LogP contribution in [0.5, 0.6) is 11.5 Å². The average Bonchev–Trinajstić information content (AvgIpc) is 3.44. The molecular weight excluding hydrogens is 478 g/mol. The first-order chi connectivity index (χ1) is 17.5. The van der Waals surface area contributed by atoms with Gasteiger partial charge in [0.1, 0.15) is 11.5 Å². The number of thiophene rings is 1. The molecule has 0 saturated carbocycles. The molecule has 0 bridgehead atoms. The maximum absolute atomic E-state index is 12.6. The SMILES string of the molecule is COc1cc(NC(=O)c2cccs2)c(OC)cc1NC(=O)CCC(=O)Nc1cccc2ccccc12. The Balaban J connectivity index is 1.39. The monoisotopic (exact) mass is 503 g/mol. The van der Waals surface area contributed by atoms with Crippen molar-refractivity contribution in [2.75, 3.05) is 30.2 Å². The second-order valence-electron chi connectivity index (χ2n) is 7.81. The number of hydrogen-bond acceptors (Lipinski definition) is 6. The number of hydrogen-bond donors (Lipinski definition) is 3. The predicted molar refractivity (Wildman–Crippen MR) is 142 cm³/mol. The number of anilines is 3. The fraction of sp³-hybridized carbons (Fsp3) is 0.148. The van der Waals surface area contributed by atoms with E-state index in [-0.39, 0.29) is 30.6 Å². The highest BCUT2D eigenvalue weighted by molar-refractivity contribution is 7.12. The molecule has 0 atom stereocenters. The fourth-order valence-electron chi connectivity index (χ4n) is 3.67. The molecule has 0 unspecified atom stereocenters. The summed E-state index contributed by atoms with van der Waals surface area (Å²) in [5.74, 6) is -0.216. The van der Waals surface area contributed by atoms with E-state index in [2.05, 4.69) is 16.0 Å².